The lowest BCUT2D eigenvalue weighted by molar-refractivity contribution is -0.108. The fraction of sp³-hybridized carbons (Fsp3) is 0.579. The molecule has 24 heavy (non-hydrogen) atoms. The Hall–Kier alpha value is -2.04. The number of ether oxygens (including phenoxy) is 1. The summed E-state index contributed by atoms with van der Waals surface area (Å²) >= 11 is 0. The number of carbonyl (C=O) groups is 2. The topological polar surface area (TPSA) is 58.6 Å². The molecule has 1 unspecified atom stereocenters. The number of allylic oxidation sites excluding steroid dienone is 3. The lowest BCUT2D eigenvalue weighted by Gasteiger charge is -2.26. The number of nitrogens with zero attached hydrogens (tertiary/aromatic N) is 1. The Morgan fingerprint density at radius 1 is 1.33 bits per heavy atom. The first-order valence-corrected chi connectivity index (χ1v) is 8.22. The predicted molar refractivity (Wildman–Crippen MR) is 98.5 cm³/mol. The third kappa shape index (κ3) is 7.99. The van der Waals surface area contributed by atoms with Crippen LogP contribution >= 0.6 is 0 Å². The van der Waals surface area contributed by atoms with E-state index < -0.39 is 0 Å². The van der Waals surface area contributed by atoms with Crippen molar-refractivity contribution < 1.29 is 14.3 Å². The van der Waals surface area contributed by atoms with E-state index in [1.54, 1.807) is 6.08 Å². The van der Waals surface area contributed by atoms with Gasteiger partial charge in [-0.2, -0.15) is 0 Å². The molecular weight excluding hydrogens is 304 g/mol. The molecule has 5 nitrogen and oxygen atoms in total. The van der Waals surface area contributed by atoms with Crippen molar-refractivity contribution in [3.8, 4) is 0 Å². The highest BCUT2D eigenvalue weighted by Gasteiger charge is 2.28. The van der Waals surface area contributed by atoms with Crippen LogP contribution in [0.4, 0.5) is 4.79 Å². The molecule has 1 N–H and O–H groups in total. The molecule has 1 saturated heterocycles. The average molecular weight is 336 g/mol. The van der Waals surface area contributed by atoms with Crippen LogP contribution in [0.25, 0.3) is 0 Å². The van der Waals surface area contributed by atoms with Gasteiger partial charge in [0.1, 0.15) is 5.60 Å². The van der Waals surface area contributed by atoms with Gasteiger partial charge in [-0.15, -0.1) is 0 Å². The fourth-order valence-electron chi connectivity index (χ4n) is 2.26. The summed E-state index contributed by atoms with van der Waals surface area (Å²) in [7, 11) is 0. The smallest absolute Gasteiger partial charge is 0.410 e. The number of nitrogens with one attached hydrogen (secondary N) is 1. The van der Waals surface area contributed by atoms with Gasteiger partial charge >= 0.3 is 6.09 Å². The number of rotatable bonds is 4. The summed E-state index contributed by atoms with van der Waals surface area (Å²) in [5.41, 5.74) is 2.12. The third-order valence-corrected chi connectivity index (χ3v) is 3.51. The Balaban J connectivity index is 0.000000449. The maximum Gasteiger partial charge on any atom is 0.410 e. The van der Waals surface area contributed by atoms with E-state index in [1.807, 2.05) is 39.5 Å². The molecule has 0 aromatic carbocycles. The second-order valence-corrected chi connectivity index (χ2v) is 6.97. The molecule has 5 heteroatoms. The van der Waals surface area contributed by atoms with Gasteiger partial charge in [0, 0.05) is 18.3 Å². The molecule has 0 aromatic rings. The molecular formula is C19H32N2O3. The summed E-state index contributed by atoms with van der Waals surface area (Å²) in [5.74, 6) is 0. The molecule has 1 atom stereocenters. The van der Waals surface area contributed by atoms with Crippen molar-refractivity contribution in [3.05, 3.63) is 36.1 Å². The molecule has 1 rings (SSSR count). The van der Waals surface area contributed by atoms with Crippen LogP contribution in [0.2, 0.25) is 0 Å². The Bertz CT molecular complexity index is 501. The molecule has 0 radical (unpaired) electrons. The van der Waals surface area contributed by atoms with Gasteiger partial charge in [0.05, 0.1) is 0 Å². The zero-order chi connectivity index (χ0) is 18.9. The zero-order valence-corrected chi connectivity index (χ0v) is 15.9. The summed E-state index contributed by atoms with van der Waals surface area (Å²) in [4.78, 5) is 23.5. The quantitative estimate of drug-likeness (QED) is 0.619. The van der Waals surface area contributed by atoms with Crippen molar-refractivity contribution >= 4 is 12.5 Å². The van der Waals surface area contributed by atoms with E-state index >= 15 is 0 Å². The van der Waals surface area contributed by atoms with Gasteiger partial charge in [-0.05, 0) is 65.5 Å². The van der Waals surface area contributed by atoms with Gasteiger partial charge < -0.3 is 15.0 Å². The Morgan fingerprint density at radius 2 is 1.92 bits per heavy atom. The van der Waals surface area contributed by atoms with Crippen molar-refractivity contribution in [1.82, 2.24) is 10.2 Å². The fourth-order valence-corrected chi connectivity index (χ4v) is 2.26. The first-order chi connectivity index (χ1) is 11.0. The molecule has 0 saturated carbocycles. The van der Waals surface area contributed by atoms with Crippen LogP contribution < -0.4 is 5.32 Å². The average Bonchev–Trinajstić information content (AvgIpc) is 2.89. The summed E-state index contributed by atoms with van der Waals surface area (Å²) in [6.45, 7) is 19.6. The van der Waals surface area contributed by atoms with Crippen LogP contribution in [0, 0.1) is 0 Å². The first kappa shape index (κ1) is 22.0. The van der Waals surface area contributed by atoms with Crippen LogP contribution in [0.15, 0.2) is 36.1 Å². The summed E-state index contributed by atoms with van der Waals surface area (Å²) in [6, 6.07) is 0.342. The molecule has 136 valence electrons. The van der Waals surface area contributed by atoms with Crippen LogP contribution in [0.3, 0.4) is 0 Å². The highest BCUT2D eigenvalue weighted by Crippen LogP contribution is 2.19. The molecule has 0 aliphatic carbocycles. The molecule has 0 bridgehead atoms. The molecule has 0 aromatic heterocycles. The second kappa shape index (κ2) is 9.96. The number of amides is 2. The highest BCUT2D eigenvalue weighted by molar-refractivity contribution is 5.68. The van der Waals surface area contributed by atoms with Crippen molar-refractivity contribution in [1.29, 1.82) is 0 Å². The number of carbonyl (C=O) groups excluding carboxylic acids is 2. The highest BCUT2D eigenvalue weighted by atomic mass is 16.6. The molecule has 1 aliphatic rings. The molecule has 1 heterocycles. The Kier molecular flexibility index (Phi) is 9.11. The molecule has 1 fully saturated rings. The van der Waals surface area contributed by atoms with E-state index in [1.165, 1.54) is 0 Å². The van der Waals surface area contributed by atoms with Crippen LogP contribution in [0.5, 0.6) is 0 Å². The van der Waals surface area contributed by atoms with Gasteiger partial charge in [-0.3, -0.25) is 4.79 Å². The summed E-state index contributed by atoms with van der Waals surface area (Å²) in [6.07, 6.45) is 4.34. The maximum absolute atomic E-state index is 11.6. The van der Waals surface area contributed by atoms with Crippen molar-refractivity contribution in [2.75, 3.05) is 6.54 Å². The van der Waals surface area contributed by atoms with Gasteiger partial charge in [0.15, 0.2) is 0 Å². The summed E-state index contributed by atoms with van der Waals surface area (Å²) < 4.78 is 5.28. The third-order valence-electron chi connectivity index (χ3n) is 3.51. The summed E-state index contributed by atoms with van der Waals surface area (Å²) in [5, 5.41) is 2.56. The van der Waals surface area contributed by atoms with Gasteiger partial charge in [-0.1, -0.05) is 19.2 Å². The molecule has 1 aliphatic heterocycles. The van der Waals surface area contributed by atoms with Gasteiger partial charge in [-0.25, -0.2) is 4.79 Å². The zero-order valence-electron chi connectivity index (χ0n) is 15.9. The van der Waals surface area contributed by atoms with Crippen molar-refractivity contribution in [3.63, 3.8) is 0 Å². The first-order valence-electron chi connectivity index (χ1n) is 8.22. The van der Waals surface area contributed by atoms with Gasteiger partial charge in [0.2, 0.25) is 6.41 Å². The molecule has 0 spiro atoms. The molecule has 2 amide bonds. The van der Waals surface area contributed by atoms with E-state index in [0.717, 1.165) is 36.2 Å². The van der Waals surface area contributed by atoms with E-state index in [2.05, 4.69) is 25.4 Å². The van der Waals surface area contributed by atoms with Crippen LogP contribution in [0.1, 0.15) is 54.4 Å². The maximum atomic E-state index is 11.6. The number of likely N-dealkylation sites (tertiary alicyclic amines) is 1. The largest absolute Gasteiger partial charge is 0.444 e. The minimum atomic E-state index is -0.376. The van der Waals surface area contributed by atoms with Gasteiger partial charge in [0.25, 0.3) is 0 Å². The van der Waals surface area contributed by atoms with Crippen molar-refractivity contribution in [2.24, 2.45) is 0 Å². The van der Waals surface area contributed by atoms with E-state index in [0.29, 0.717) is 12.5 Å². The second-order valence-electron chi connectivity index (χ2n) is 6.97. The Labute approximate surface area is 146 Å². The van der Waals surface area contributed by atoms with Crippen LogP contribution in [-0.4, -0.2) is 35.6 Å². The standard InChI is InChI=1S/C10H19NO2.C9H13NO/c1-8-6-5-7-11(8)9(12)13-10(2,3)4;1-5-8(4)9(7(2)3)10-6-11/h8H,5-7H2,1-4H3;5-6H,1-2H2,3-4H3,(H,10,11)/b;9-8+. The Morgan fingerprint density at radius 3 is 2.25 bits per heavy atom. The predicted octanol–water partition coefficient (Wildman–Crippen LogP) is 4.17. The number of hydrogen-bond acceptors (Lipinski definition) is 3. The van der Waals surface area contributed by atoms with E-state index in [9.17, 15) is 9.59 Å². The minimum Gasteiger partial charge on any atom is -0.444 e. The lowest BCUT2D eigenvalue weighted by atomic mass is 10.1. The minimum absolute atomic E-state index is 0.169. The normalized spacial score (nSPS) is 17.9. The SMILES string of the molecule is C=C/C(C)=C(/NC=O)C(=C)C.CC1CCCN1C(=O)OC(C)(C)C. The number of hydrogen-bond donors (Lipinski definition) is 1. The monoisotopic (exact) mass is 336 g/mol. The van der Waals surface area contributed by atoms with E-state index in [4.69, 9.17) is 4.74 Å². The van der Waals surface area contributed by atoms with Crippen molar-refractivity contribution in [2.45, 2.75) is 66.0 Å². The van der Waals surface area contributed by atoms with Crippen LogP contribution in [-0.2, 0) is 9.53 Å². The lowest BCUT2D eigenvalue weighted by Crippen LogP contribution is -2.38. The van der Waals surface area contributed by atoms with E-state index in [-0.39, 0.29) is 11.7 Å².